The van der Waals surface area contributed by atoms with E-state index in [1.807, 2.05) is 6.92 Å². The van der Waals surface area contributed by atoms with Gasteiger partial charge in [-0.2, -0.15) is 4.31 Å². The van der Waals surface area contributed by atoms with Gasteiger partial charge in [0.05, 0.1) is 17.4 Å². The van der Waals surface area contributed by atoms with Gasteiger partial charge in [-0.1, -0.05) is 35.9 Å². The van der Waals surface area contributed by atoms with E-state index in [-0.39, 0.29) is 28.5 Å². The molecule has 1 fully saturated rings. The number of aryl methyl sites for hydroxylation is 1. The summed E-state index contributed by atoms with van der Waals surface area (Å²) in [5.41, 5.74) is 1.19. The van der Waals surface area contributed by atoms with E-state index >= 15 is 0 Å². The van der Waals surface area contributed by atoms with E-state index in [1.54, 1.807) is 29.6 Å². The minimum absolute atomic E-state index is 0.0353. The summed E-state index contributed by atoms with van der Waals surface area (Å²) in [5.74, 6) is -2.27. The predicted octanol–water partition coefficient (Wildman–Crippen LogP) is 3.16. The number of urea groups is 1. The van der Waals surface area contributed by atoms with Gasteiger partial charge in [-0.3, -0.25) is 24.6 Å². The molecule has 210 valence electrons. The standard InChI is InChI=1S/C25H25N5O8S2/c1-16-7-9-18(10-8-16)26-25(34)28-11-12-29(40(37,38)22-6-3-13-39-22)24(28)23(33)27-20(15-21(31)32)17-4-2-5-19(14-17)30(35)36/h2-10,13-14,20,24H,11-12,15H2,1H3,(H,26,34)(H,27,33)(H,31,32). The number of sulfonamides is 1. The van der Waals surface area contributed by atoms with Crippen LogP contribution in [0.1, 0.15) is 23.6 Å². The van der Waals surface area contributed by atoms with Crippen LogP contribution >= 0.6 is 11.3 Å². The summed E-state index contributed by atoms with van der Waals surface area (Å²) in [5, 5.41) is 27.5. The average Bonchev–Trinajstić information content (AvgIpc) is 3.61. The zero-order valence-electron chi connectivity index (χ0n) is 21.1. The van der Waals surface area contributed by atoms with E-state index < -0.39 is 51.5 Å². The number of hydrogen-bond donors (Lipinski definition) is 3. The largest absolute Gasteiger partial charge is 0.481 e. The number of carbonyl (C=O) groups is 3. The fraction of sp³-hybridized carbons (Fsp3) is 0.240. The molecule has 0 bridgehead atoms. The van der Waals surface area contributed by atoms with E-state index in [0.29, 0.717) is 5.69 Å². The molecule has 1 aliphatic rings. The SMILES string of the molecule is Cc1ccc(NC(=O)N2CCN(S(=O)(=O)c3cccs3)C2C(=O)NC(CC(=O)O)c2cccc([N+](=O)[O-])c2)cc1. The summed E-state index contributed by atoms with van der Waals surface area (Å²) in [7, 11) is -4.21. The van der Waals surface area contributed by atoms with Crippen LogP contribution in [0.3, 0.4) is 0 Å². The first kappa shape index (κ1) is 28.7. The Hall–Kier alpha value is -4.34. The lowest BCUT2D eigenvalue weighted by Gasteiger charge is -2.30. The normalized spacial score (nSPS) is 16.3. The number of hydrogen-bond acceptors (Lipinski definition) is 8. The minimum atomic E-state index is -4.21. The van der Waals surface area contributed by atoms with Crippen LogP contribution in [0.4, 0.5) is 16.2 Å². The number of nitro groups is 1. The Morgan fingerprint density at radius 2 is 1.85 bits per heavy atom. The number of carboxylic acid groups (broad SMARTS) is 1. The molecule has 4 rings (SSSR count). The molecule has 2 atom stereocenters. The number of nitrogens with one attached hydrogen (secondary N) is 2. The van der Waals surface area contributed by atoms with Gasteiger partial charge < -0.3 is 15.7 Å². The molecule has 1 aromatic heterocycles. The zero-order chi connectivity index (χ0) is 29.0. The molecule has 3 aromatic rings. The Morgan fingerprint density at radius 3 is 2.48 bits per heavy atom. The van der Waals surface area contributed by atoms with Crippen LogP contribution < -0.4 is 10.6 Å². The summed E-state index contributed by atoms with van der Waals surface area (Å²) in [4.78, 5) is 50.2. The molecule has 40 heavy (non-hydrogen) atoms. The molecular weight excluding hydrogens is 562 g/mol. The molecule has 13 nitrogen and oxygen atoms in total. The topological polar surface area (TPSA) is 179 Å². The van der Waals surface area contributed by atoms with Crippen molar-refractivity contribution in [3.8, 4) is 0 Å². The first-order valence-corrected chi connectivity index (χ1v) is 14.3. The first-order valence-electron chi connectivity index (χ1n) is 11.9. The number of non-ortho nitro benzene ring substituents is 1. The molecule has 2 aromatic carbocycles. The van der Waals surface area contributed by atoms with Crippen molar-refractivity contribution >= 4 is 50.6 Å². The summed E-state index contributed by atoms with van der Waals surface area (Å²) < 4.78 is 27.8. The van der Waals surface area contributed by atoms with Crippen molar-refractivity contribution in [2.24, 2.45) is 0 Å². The molecule has 0 spiro atoms. The Balaban J connectivity index is 1.68. The lowest BCUT2D eigenvalue weighted by molar-refractivity contribution is -0.384. The molecule has 1 saturated heterocycles. The number of benzene rings is 2. The number of thiophene rings is 1. The molecular formula is C25H25N5O8S2. The number of aliphatic carboxylic acids is 1. The van der Waals surface area contributed by atoms with Gasteiger partial charge in [0.15, 0.2) is 6.17 Å². The second kappa shape index (κ2) is 11.8. The van der Waals surface area contributed by atoms with Crippen molar-refractivity contribution in [1.29, 1.82) is 0 Å². The third kappa shape index (κ3) is 6.27. The summed E-state index contributed by atoms with van der Waals surface area (Å²) in [6.45, 7) is 1.55. The molecule has 2 unspecified atom stereocenters. The molecule has 3 amide bonds. The summed E-state index contributed by atoms with van der Waals surface area (Å²) in [6.07, 6.45) is -2.31. The van der Waals surface area contributed by atoms with Gasteiger partial charge in [0.2, 0.25) is 0 Å². The van der Waals surface area contributed by atoms with Crippen molar-refractivity contribution in [1.82, 2.24) is 14.5 Å². The third-order valence-electron chi connectivity index (χ3n) is 6.16. The number of carbonyl (C=O) groups excluding carboxylic acids is 2. The highest BCUT2D eigenvalue weighted by Crippen LogP contribution is 2.29. The van der Waals surface area contributed by atoms with Gasteiger partial charge in [0.1, 0.15) is 4.21 Å². The van der Waals surface area contributed by atoms with Crippen molar-refractivity contribution in [2.45, 2.75) is 29.8 Å². The Morgan fingerprint density at radius 1 is 1.12 bits per heavy atom. The number of carboxylic acids is 1. The van der Waals surface area contributed by atoms with Crippen LogP contribution in [0.25, 0.3) is 0 Å². The maximum Gasteiger partial charge on any atom is 0.323 e. The van der Waals surface area contributed by atoms with E-state index in [2.05, 4.69) is 10.6 Å². The van der Waals surface area contributed by atoms with Gasteiger partial charge in [-0.25, -0.2) is 13.2 Å². The van der Waals surface area contributed by atoms with Crippen LogP contribution in [0.5, 0.6) is 0 Å². The smallest absolute Gasteiger partial charge is 0.323 e. The Labute approximate surface area is 233 Å². The maximum absolute atomic E-state index is 13.7. The predicted molar refractivity (Wildman–Crippen MR) is 145 cm³/mol. The third-order valence-corrected chi connectivity index (χ3v) is 9.39. The van der Waals surface area contributed by atoms with Crippen molar-refractivity contribution in [3.63, 3.8) is 0 Å². The van der Waals surface area contributed by atoms with Crippen LogP contribution in [-0.2, 0) is 19.6 Å². The molecule has 3 N–H and O–H groups in total. The van der Waals surface area contributed by atoms with Crippen molar-refractivity contribution < 1.29 is 32.8 Å². The number of anilines is 1. The first-order chi connectivity index (χ1) is 19.0. The zero-order valence-corrected chi connectivity index (χ0v) is 22.7. The number of nitrogens with zero attached hydrogens (tertiary/aromatic N) is 3. The second-order valence-electron chi connectivity index (χ2n) is 8.92. The van der Waals surface area contributed by atoms with Crippen LogP contribution in [0, 0.1) is 17.0 Å². The average molecular weight is 588 g/mol. The fourth-order valence-electron chi connectivity index (χ4n) is 4.23. The van der Waals surface area contributed by atoms with E-state index in [1.165, 1.54) is 30.3 Å². The van der Waals surface area contributed by atoms with Crippen molar-refractivity contribution in [2.75, 3.05) is 18.4 Å². The van der Waals surface area contributed by atoms with Gasteiger partial charge in [-0.15, -0.1) is 11.3 Å². The lowest BCUT2D eigenvalue weighted by atomic mass is 10.0. The molecule has 1 aliphatic heterocycles. The molecule has 2 heterocycles. The number of nitro benzene ring substituents is 1. The van der Waals surface area contributed by atoms with E-state index in [9.17, 15) is 38.0 Å². The molecule has 0 radical (unpaired) electrons. The monoisotopic (exact) mass is 587 g/mol. The molecule has 0 saturated carbocycles. The highest BCUT2D eigenvalue weighted by molar-refractivity contribution is 7.91. The van der Waals surface area contributed by atoms with Crippen LogP contribution in [0.2, 0.25) is 0 Å². The number of rotatable bonds is 9. The summed E-state index contributed by atoms with van der Waals surface area (Å²) in [6, 6.07) is 12.9. The van der Waals surface area contributed by atoms with Gasteiger partial charge in [0, 0.05) is 30.9 Å². The summed E-state index contributed by atoms with van der Waals surface area (Å²) >= 11 is 0.946. The van der Waals surface area contributed by atoms with Gasteiger partial charge >= 0.3 is 12.0 Å². The lowest BCUT2D eigenvalue weighted by Crippen LogP contribution is -2.55. The quantitative estimate of drug-likeness (QED) is 0.252. The fourth-order valence-corrected chi connectivity index (χ4v) is 6.89. The molecule has 15 heteroatoms. The molecule has 0 aliphatic carbocycles. The van der Waals surface area contributed by atoms with Crippen LogP contribution in [-0.4, -0.2) is 64.8 Å². The van der Waals surface area contributed by atoms with E-state index in [0.717, 1.165) is 32.2 Å². The van der Waals surface area contributed by atoms with Gasteiger partial charge in [-0.05, 0) is 36.1 Å². The van der Waals surface area contributed by atoms with Crippen LogP contribution in [0.15, 0.2) is 70.3 Å². The van der Waals surface area contributed by atoms with Gasteiger partial charge in [0.25, 0.3) is 21.6 Å². The van der Waals surface area contributed by atoms with E-state index in [4.69, 9.17) is 0 Å². The Kier molecular flexibility index (Phi) is 8.46. The highest BCUT2D eigenvalue weighted by Gasteiger charge is 2.47. The highest BCUT2D eigenvalue weighted by atomic mass is 32.2. The minimum Gasteiger partial charge on any atom is -0.481 e. The number of amides is 3. The second-order valence-corrected chi connectivity index (χ2v) is 12.0. The Bertz CT molecular complexity index is 1530. The van der Waals surface area contributed by atoms with Crippen molar-refractivity contribution in [3.05, 3.63) is 87.3 Å². The maximum atomic E-state index is 13.7.